The van der Waals surface area contributed by atoms with Crippen molar-refractivity contribution in [3.63, 3.8) is 0 Å². The van der Waals surface area contributed by atoms with Gasteiger partial charge in [0, 0.05) is 28.0 Å². The first kappa shape index (κ1) is 13.1. The van der Waals surface area contributed by atoms with E-state index < -0.39 is 0 Å². The van der Waals surface area contributed by atoms with Crippen molar-refractivity contribution in [2.75, 3.05) is 7.11 Å². The van der Waals surface area contributed by atoms with E-state index in [9.17, 15) is 4.79 Å². The van der Waals surface area contributed by atoms with Crippen molar-refractivity contribution in [1.82, 2.24) is 4.98 Å². The van der Waals surface area contributed by atoms with Gasteiger partial charge in [0.2, 0.25) is 0 Å². The fourth-order valence-electron chi connectivity index (χ4n) is 1.50. The smallest absolute Gasteiger partial charge is 0.196 e. The summed E-state index contributed by atoms with van der Waals surface area (Å²) in [6.07, 6.45) is 3.13. The number of aromatic nitrogens is 1. The Kier molecular flexibility index (Phi) is 3.99. The molecule has 0 aliphatic rings. The molecule has 0 saturated carbocycles. The lowest BCUT2D eigenvalue weighted by atomic mass is 10.1. The predicted octanol–water partition coefficient (Wildman–Crippen LogP) is 3.74. The molecule has 0 unspecified atom stereocenters. The van der Waals surface area contributed by atoms with Crippen molar-refractivity contribution in [3.8, 4) is 5.75 Å². The number of hydrogen-bond acceptors (Lipinski definition) is 3. The van der Waals surface area contributed by atoms with Crippen LogP contribution in [0.4, 0.5) is 0 Å². The highest BCUT2D eigenvalue weighted by Crippen LogP contribution is 2.25. The Labute approximate surface area is 118 Å². The Morgan fingerprint density at radius 2 is 2.11 bits per heavy atom. The third kappa shape index (κ3) is 2.71. The number of nitrogens with zero attached hydrogens (tertiary/aromatic N) is 1. The van der Waals surface area contributed by atoms with Crippen LogP contribution in [-0.2, 0) is 0 Å². The maximum atomic E-state index is 12.2. The Morgan fingerprint density at radius 3 is 2.72 bits per heavy atom. The highest BCUT2D eigenvalue weighted by Gasteiger charge is 2.14. The summed E-state index contributed by atoms with van der Waals surface area (Å²) in [4.78, 5) is 16.2. The van der Waals surface area contributed by atoms with Gasteiger partial charge in [-0.05, 0) is 40.2 Å². The van der Waals surface area contributed by atoms with Gasteiger partial charge in [-0.15, -0.1) is 0 Å². The van der Waals surface area contributed by atoms with Crippen LogP contribution in [0.15, 0.2) is 41.1 Å². The summed E-state index contributed by atoms with van der Waals surface area (Å²) in [5, 5.41) is 0.360. The lowest BCUT2D eigenvalue weighted by molar-refractivity contribution is 0.103. The van der Waals surface area contributed by atoms with Crippen LogP contribution in [0, 0.1) is 0 Å². The summed E-state index contributed by atoms with van der Waals surface area (Å²) >= 11 is 9.34. The van der Waals surface area contributed by atoms with E-state index in [1.807, 2.05) is 0 Å². The van der Waals surface area contributed by atoms with Crippen molar-refractivity contribution in [1.29, 1.82) is 0 Å². The molecule has 0 N–H and O–H groups in total. The lowest BCUT2D eigenvalue weighted by Gasteiger charge is -2.06. The standard InChI is InChI=1S/C13H9BrClNO2/c1-18-10-2-3-11(12(15)5-10)13(17)8-4-9(14)7-16-6-8/h2-7H,1H3. The van der Waals surface area contributed by atoms with Gasteiger partial charge in [-0.2, -0.15) is 0 Å². The normalized spacial score (nSPS) is 10.2. The molecule has 18 heavy (non-hydrogen) atoms. The van der Waals surface area contributed by atoms with Crippen LogP contribution in [0.3, 0.4) is 0 Å². The Bertz CT molecular complexity index is 601. The van der Waals surface area contributed by atoms with Crippen LogP contribution < -0.4 is 4.74 Å². The van der Waals surface area contributed by atoms with Gasteiger partial charge in [0.1, 0.15) is 5.75 Å². The van der Waals surface area contributed by atoms with E-state index in [0.29, 0.717) is 21.9 Å². The zero-order chi connectivity index (χ0) is 13.1. The zero-order valence-electron chi connectivity index (χ0n) is 9.48. The van der Waals surface area contributed by atoms with Crippen LogP contribution in [0.5, 0.6) is 5.75 Å². The molecule has 0 bridgehead atoms. The molecule has 0 atom stereocenters. The molecule has 0 saturated heterocycles. The lowest BCUT2D eigenvalue weighted by Crippen LogP contribution is -2.03. The van der Waals surface area contributed by atoms with Gasteiger partial charge in [0.15, 0.2) is 5.78 Å². The van der Waals surface area contributed by atoms with Crippen molar-refractivity contribution in [2.24, 2.45) is 0 Å². The summed E-state index contributed by atoms with van der Waals surface area (Å²) in [5.41, 5.74) is 0.911. The Balaban J connectivity index is 2.40. The molecule has 92 valence electrons. The zero-order valence-corrected chi connectivity index (χ0v) is 11.8. The van der Waals surface area contributed by atoms with E-state index in [1.54, 1.807) is 37.6 Å². The molecule has 0 radical (unpaired) electrons. The molecule has 1 heterocycles. The number of benzene rings is 1. The first-order chi connectivity index (χ1) is 8.61. The molecular weight excluding hydrogens is 318 g/mol. The first-order valence-electron chi connectivity index (χ1n) is 5.10. The molecule has 3 nitrogen and oxygen atoms in total. The molecule has 2 aromatic rings. The van der Waals surface area contributed by atoms with E-state index in [2.05, 4.69) is 20.9 Å². The monoisotopic (exact) mass is 325 g/mol. The van der Waals surface area contributed by atoms with Crippen molar-refractivity contribution in [2.45, 2.75) is 0 Å². The molecule has 2 rings (SSSR count). The molecule has 0 spiro atoms. The minimum Gasteiger partial charge on any atom is -0.497 e. The average Bonchev–Trinajstić information content (AvgIpc) is 2.37. The van der Waals surface area contributed by atoms with Gasteiger partial charge in [-0.25, -0.2) is 0 Å². The summed E-state index contributed by atoms with van der Waals surface area (Å²) in [6.45, 7) is 0. The molecule has 0 amide bonds. The number of methoxy groups -OCH3 is 1. The minimum atomic E-state index is -0.170. The molecule has 5 heteroatoms. The third-order valence-corrected chi connectivity index (χ3v) is 3.13. The fourth-order valence-corrected chi connectivity index (χ4v) is 2.12. The average molecular weight is 327 g/mol. The molecule has 0 fully saturated rings. The number of pyridine rings is 1. The highest BCUT2D eigenvalue weighted by atomic mass is 79.9. The number of carbonyl (C=O) groups is 1. The summed E-state index contributed by atoms with van der Waals surface area (Å²) in [6, 6.07) is 6.66. The van der Waals surface area contributed by atoms with Crippen molar-refractivity contribution < 1.29 is 9.53 Å². The number of ether oxygens (including phenoxy) is 1. The molecule has 1 aromatic heterocycles. The second-order valence-electron chi connectivity index (χ2n) is 3.57. The van der Waals surface area contributed by atoms with E-state index in [4.69, 9.17) is 16.3 Å². The topological polar surface area (TPSA) is 39.2 Å². The first-order valence-corrected chi connectivity index (χ1v) is 6.27. The maximum Gasteiger partial charge on any atom is 0.196 e. The van der Waals surface area contributed by atoms with Gasteiger partial charge in [-0.1, -0.05) is 11.6 Å². The van der Waals surface area contributed by atoms with Gasteiger partial charge in [-0.3, -0.25) is 9.78 Å². The Hall–Kier alpha value is -1.39. The van der Waals surface area contributed by atoms with E-state index in [0.717, 1.165) is 4.47 Å². The highest BCUT2D eigenvalue weighted by molar-refractivity contribution is 9.10. The van der Waals surface area contributed by atoms with Gasteiger partial charge >= 0.3 is 0 Å². The van der Waals surface area contributed by atoms with Crippen molar-refractivity contribution >= 4 is 33.3 Å². The quantitative estimate of drug-likeness (QED) is 0.807. The van der Waals surface area contributed by atoms with Gasteiger partial charge < -0.3 is 4.74 Å². The van der Waals surface area contributed by atoms with Crippen LogP contribution in [0.1, 0.15) is 15.9 Å². The van der Waals surface area contributed by atoms with Gasteiger partial charge in [0.25, 0.3) is 0 Å². The van der Waals surface area contributed by atoms with Crippen LogP contribution in [-0.4, -0.2) is 17.9 Å². The number of carbonyl (C=O) groups excluding carboxylic acids is 1. The number of ketones is 1. The second-order valence-corrected chi connectivity index (χ2v) is 4.89. The summed E-state index contributed by atoms with van der Waals surface area (Å²) in [5.74, 6) is 0.445. The summed E-state index contributed by atoms with van der Waals surface area (Å²) in [7, 11) is 1.55. The number of rotatable bonds is 3. The fraction of sp³-hybridized carbons (Fsp3) is 0.0769. The van der Waals surface area contributed by atoms with Crippen molar-refractivity contribution in [3.05, 3.63) is 57.3 Å². The predicted molar refractivity (Wildman–Crippen MR) is 73.4 cm³/mol. The second kappa shape index (κ2) is 5.50. The SMILES string of the molecule is COc1ccc(C(=O)c2cncc(Br)c2)c(Cl)c1. The molecule has 1 aromatic carbocycles. The number of halogens is 2. The molecule has 0 aliphatic heterocycles. The van der Waals surface area contributed by atoms with Crippen LogP contribution in [0.25, 0.3) is 0 Å². The Morgan fingerprint density at radius 1 is 1.33 bits per heavy atom. The maximum absolute atomic E-state index is 12.2. The van der Waals surface area contributed by atoms with E-state index in [-0.39, 0.29) is 5.78 Å². The number of hydrogen-bond donors (Lipinski definition) is 0. The minimum absolute atomic E-state index is 0.170. The van der Waals surface area contributed by atoms with Gasteiger partial charge in [0.05, 0.1) is 12.1 Å². The molecule has 0 aliphatic carbocycles. The largest absolute Gasteiger partial charge is 0.497 e. The summed E-state index contributed by atoms with van der Waals surface area (Å²) < 4.78 is 5.79. The van der Waals surface area contributed by atoms with E-state index in [1.165, 1.54) is 6.20 Å². The third-order valence-electron chi connectivity index (χ3n) is 2.39. The van der Waals surface area contributed by atoms with Crippen LogP contribution in [0.2, 0.25) is 5.02 Å². The molecular formula is C13H9BrClNO2. The van der Waals surface area contributed by atoms with Crippen LogP contribution >= 0.6 is 27.5 Å². The van der Waals surface area contributed by atoms with E-state index >= 15 is 0 Å².